The van der Waals surface area contributed by atoms with Gasteiger partial charge < -0.3 is 19.1 Å². The fourth-order valence-corrected chi connectivity index (χ4v) is 6.04. The molecule has 5 nitrogen and oxygen atoms in total. The van der Waals surface area contributed by atoms with Gasteiger partial charge in [0.25, 0.3) is 0 Å². The Morgan fingerprint density at radius 1 is 0.865 bits per heavy atom. The van der Waals surface area contributed by atoms with Gasteiger partial charge in [-0.05, 0) is 36.4 Å². The van der Waals surface area contributed by atoms with Crippen molar-refractivity contribution in [3.8, 4) is 5.75 Å². The summed E-state index contributed by atoms with van der Waals surface area (Å²) in [5.41, 5.74) is 4.85. The minimum absolute atomic E-state index is 0.249. The van der Waals surface area contributed by atoms with Crippen LogP contribution in [-0.4, -0.2) is 32.3 Å². The van der Waals surface area contributed by atoms with Gasteiger partial charge >= 0.3 is 5.97 Å². The van der Waals surface area contributed by atoms with E-state index in [-0.39, 0.29) is 12.6 Å². The quantitative estimate of drug-likeness (QED) is 0.272. The Bertz CT molecular complexity index is 1560. The van der Waals surface area contributed by atoms with Crippen LogP contribution in [0.1, 0.15) is 32.6 Å². The molecule has 37 heavy (non-hydrogen) atoms. The zero-order valence-electron chi connectivity index (χ0n) is 20.1. The molecular weight excluding hydrogens is 530 g/mol. The predicted octanol–water partition coefficient (Wildman–Crippen LogP) is 6.46. The average Bonchev–Trinajstić information content (AvgIpc) is 3.35. The number of carbonyl (C=O) groups is 1. The van der Waals surface area contributed by atoms with Gasteiger partial charge in [0, 0.05) is 56.3 Å². The van der Waals surface area contributed by atoms with Crippen LogP contribution in [0.3, 0.4) is 0 Å². The molecule has 0 radical (unpaired) electrons. The summed E-state index contributed by atoms with van der Waals surface area (Å²) in [5.74, 6) is 0.482. The van der Waals surface area contributed by atoms with Crippen molar-refractivity contribution >= 4 is 44.4 Å². The molecule has 6 heteroatoms. The maximum absolute atomic E-state index is 12.7. The van der Waals surface area contributed by atoms with Crippen LogP contribution in [0.4, 0.5) is 5.69 Å². The van der Waals surface area contributed by atoms with Gasteiger partial charge in [0.05, 0.1) is 18.8 Å². The zero-order valence-corrected chi connectivity index (χ0v) is 21.7. The number of hydrogen-bond donors (Lipinski definition) is 0. The number of halogens is 1. The Labute approximate surface area is 223 Å². The Balaban J connectivity index is 1.41. The summed E-state index contributed by atoms with van der Waals surface area (Å²) in [6, 6.07) is 24.9. The van der Waals surface area contributed by atoms with E-state index >= 15 is 0 Å². The van der Waals surface area contributed by atoms with Gasteiger partial charge in [-0.3, -0.25) is 0 Å². The van der Waals surface area contributed by atoms with Crippen molar-refractivity contribution in [3.05, 3.63) is 111 Å². The molecule has 1 fully saturated rings. The molecule has 0 spiro atoms. The SMILES string of the molecule is O=C1OCc2c3c(c4ccc(Br)cc4c21)OC(c1ccccc1)(c1ccc(N2CCOCC2)cc1)C=C3. The molecule has 0 amide bonds. The van der Waals surface area contributed by atoms with E-state index in [2.05, 4.69) is 69.4 Å². The molecular formula is C31H24BrNO4. The molecule has 4 aromatic carbocycles. The molecule has 0 saturated carbocycles. The second kappa shape index (κ2) is 8.75. The highest BCUT2D eigenvalue weighted by atomic mass is 79.9. The monoisotopic (exact) mass is 553 g/mol. The number of nitrogens with zero attached hydrogens (tertiary/aromatic N) is 1. The van der Waals surface area contributed by atoms with Crippen molar-refractivity contribution in [2.24, 2.45) is 0 Å². The van der Waals surface area contributed by atoms with Gasteiger partial charge in [-0.15, -0.1) is 0 Å². The molecule has 7 rings (SSSR count). The highest BCUT2D eigenvalue weighted by Crippen LogP contribution is 2.49. The molecule has 3 heterocycles. The second-order valence-electron chi connectivity index (χ2n) is 9.55. The molecule has 0 bridgehead atoms. The van der Waals surface area contributed by atoms with Crippen molar-refractivity contribution in [2.45, 2.75) is 12.2 Å². The molecule has 1 atom stereocenters. The summed E-state index contributed by atoms with van der Waals surface area (Å²) in [6.45, 7) is 3.52. The summed E-state index contributed by atoms with van der Waals surface area (Å²) in [4.78, 5) is 15.0. The Kier molecular flexibility index (Phi) is 5.34. The number of benzene rings is 4. The molecule has 3 aliphatic rings. The zero-order chi connectivity index (χ0) is 25.0. The molecule has 1 unspecified atom stereocenters. The van der Waals surface area contributed by atoms with Gasteiger partial charge in [0.15, 0.2) is 5.60 Å². The molecule has 0 N–H and O–H groups in total. The summed E-state index contributed by atoms with van der Waals surface area (Å²) >= 11 is 3.57. The lowest BCUT2D eigenvalue weighted by molar-refractivity contribution is 0.0536. The normalized spacial score (nSPS) is 20.4. The molecule has 4 aromatic rings. The van der Waals surface area contributed by atoms with Crippen LogP contribution in [0.15, 0.2) is 83.3 Å². The van der Waals surface area contributed by atoms with E-state index in [1.54, 1.807) is 0 Å². The lowest BCUT2D eigenvalue weighted by atomic mass is 9.82. The third-order valence-electron chi connectivity index (χ3n) is 7.54. The lowest BCUT2D eigenvalue weighted by Crippen LogP contribution is -2.37. The molecule has 1 saturated heterocycles. The van der Waals surface area contributed by atoms with Gasteiger partial charge in [-0.25, -0.2) is 4.79 Å². The number of fused-ring (bicyclic) bond motifs is 6. The third-order valence-corrected chi connectivity index (χ3v) is 8.03. The summed E-state index contributed by atoms with van der Waals surface area (Å²) in [7, 11) is 0. The van der Waals surface area contributed by atoms with Crippen molar-refractivity contribution < 1.29 is 19.0 Å². The number of hydrogen-bond acceptors (Lipinski definition) is 5. The number of cyclic esters (lactones) is 1. The van der Waals surface area contributed by atoms with E-state index in [0.29, 0.717) is 5.56 Å². The number of anilines is 1. The maximum Gasteiger partial charge on any atom is 0.339 e. The summed E-state index contributed by atoms with van der Waals surface area (Å²) in [6.07, 6.45) is 4.21. The number of esters is 1. The third kappa shape index (κ3) is 3.58. The number of morpholine rings is 1. The van der Waals surface area contributed by atoms with Crippen LogP contribution >= 0.6 is 15.9 Å². The minimum Gasteiger partial charge on any atom is -0.472 e. The number of rotatable bonds is 3. The maximum atomic E-state index is 12.7. The van der Waals surface area contributed by atoms with E-state index in [9.17, 15) is 4.79 Å². The summed E-state index contributed by atoms with van der Waals surface area (Å²) < 4.78 is 19.0. The first-order valence-electron chi connectivity index (χ1n) is 12.5. The van der Waals surface area contributed by atoms with Crippen molar-refractivity contribution in [1.29, 1.82) is 0 Å². The molecule has 184 valence electrons. The predicted molar refractivity (Wildman–Crippen MR) is 147 cm³/mol. The number of ether oxygens (including phenoxy) is 3. The fourth-order valence-electron chi connectivity index (χ4n) is 5.68. The molecule has 0 aromatic heterocycles. The molecule has 0 aliphatic carbocycles. The van der Waals surface area contributed by atoms with Gasteiger partial charge in [0.1, 0.15) is 12.4 Å². The second-order valence-corrected chi connectivity index (χ2v) is 10.5. The highest BCUT2D eigenvalue weighted by Gasteiger charge is 2.40. The van der Waals surface area contributed by atoms with E-state index < -0.39 is 5.60 Å². The van der Waals surface area contributed by atoms with Crippen LogP contribution in [0.2, 0.25) is 0 Å². The van der Waals surface area contributed by atoms with E-state index in [1.807, 2.05) is 36.4 Å². The standard InChI is InChI=1S/C31H24BrNO4/c32-22-8-11-24-26(18-22)28-27(19-36-30(28)34)25-12-13-31(37-29(24)25,20-4-2-1-3-5-20)21-6-9-23(10-7-21)33-14-16-35-17-15-33/h1-13,18H,14-17,19H2. The van der Waals surface area contributed by atoms with Crippen LogP contribution in [-0.2, 0) is 21.7 Å². The Morgan fingerprint density at radius 2 is 1.62 bits per heavy atom. The van der Waals surface area contributed by atoms with Crippen molar-refractivity contribution in [2.75, 3.05) is 31.2 Å². The minimum atomic E-state index is -0.824. The van der Waals surface area contributed by atoms with Crippen LogP contribution < -0.4 is 9.64 Å². The van der Waals surface area contributed by atoms with E-state index in [1.165, 1.54) is 5.69 Å². The first-order valence-corrected chi connectivity index (χ1v) is 13.3. The smallest absolute Gasteiger partial charge is 0.339 e. The Hall–Kier alpha value is -3.61. The van der Waals surface area contributed by atoms with Gasteiger partial charge in [0.2, 0.25) is 0 Å². The first-order chi connectivity index (χ1) is 18.1. The Morgan fingerprint density at radius 3 is 2.41 bits per heavy atom. The van der Waals surface area contributed by atoms with Crippen molar-refractivity contribution in [1.82, 2.24) is 0 Å². The number of carbonyl (C=O) groups excluding carboxylic acids is 1. The van der Waals surface area contributed by atoms with Crippen molar-refractivity contribution in [3.63, 3.8) is 0 Å². The molecule has 3 aliphatic heterocycles. The van der Waals surface area contributed by atoms with E-state index in [4.69, 9.17) is 14.2 Å². The highest BCUT2D eigenvalue weighted by molar-refractivity contribution is 9.10. The fraction of sp³-hybridized carbons (Fsp3) is 0.194. The topological polar surface area (TPSA) is 48.0 Å². The van der Waals surface area contributed by atoms with Gasteiger partial charge in [-0.2, -0.15) is 0 Å². The summed E-state index contributed by atoms with van der Waals surface area (Å²) in [5, 5.41) is 1.73. The van der Waals surface area contributed by atoms with Crippen LogP contribution in [0.5, 0.6) is 5.75 Å². The van der Waals surface area contributed by atoms with Gasteiger partial charge in [-0.1, -0.05) is 64.5 Å². The lowest BCUT2D eigenvalue weighted by Gasteiger charge is -2.37. The largest absolute Gasteiger partial charge is 0.472 e. The van der Waals surface area contributed by atoms with Crippen LogP contribution in [0.25, 0.3) is 16.8 Å². The average molecular weight is 554 g/mol. The van der Waals surface area contributed by atoms with E-state index in [0.717, 1.165) is 69.6 Å². The van der Waals surface area contributed by atoms with Crippen LogP contribution in [0, 0.1) is 0 Å². The first kappa shape index (κ1) is 22.6.